The van der Waals surface area contributed by atoms with E-state index in [0.717, 1.165) is 37.2 Å². The minimum atomic E-state index is -1.13. The summed E-state index contributed by atoms with van der Waals surface area (Å²) >= 11 is 0. The van der Waals surface area contributed by atoms with Crippen molar-refractivity contribution in [3.8, 4) is 11.4 Å². The first kappa shape index (κ1) is 22.2. The second-order valence-electron chi connectivity index (χ2n) is 9.69. The second-order valence-corrected chi connectivity index (χ2v) is 9.69. The SMILES string of the molecule is Cc1ncc(-c2ncccn2)c(N2CCC(C)(C)CC2)c1C(OC(C)(C)C)C(=O)O. The van der Waals surface area contributed by atoms with E-state index in [1.165, 1.54) is 0 Å². The molecule has 30 heavy (non-hydrogen) atoms. The number of pyridine rings is 1. The molecule has 1 unspecified atom stereocenters. The number of carbonyl (C=O) groups is 1. The van der Waals surface area contributed by atoms with Crippen molar-refractivity contribution in [1.82, 2.24) is 15.0 Å². The van der Waals surface area contributed by atoms with Crippen LogP contribution in [-0.4, -0.2) is 44.7 Å². The number of carboxylic acids is 1. The van der Waals surface area contributed by atoms with E-state index in [-0.39, 0.29) is 5.41 Å². The van der Waals surface area contributed by atoms with Gasteiger partial charge in [-0.3, -0.25) is 4.98 Å². The molecule has 0 aliphatic carbocycles. The summed E-state index contributed by atoms with van der Waals surface area (Å²) in [6, 6.07) is 1.76. The van der Waals surface area contributed by atoms with E-state index in [1.807, 2.05) is 27.7 Å². The molecule has 0 radical (unpaired) electrons. The van der Waals surface area contributed by atoms with Crippen LogP contribution in [-0.2, 0) is 9.53 Å². The van der Waals surface area contributed by atoms with Crippen LogP contribution in [0.2, 0.25) is 0 Å². The largest absolute Gasteiger partial charge is 0.479 e. The van der Waals surface area contributed by atoms with Gasteiger partial charge in [0.1, 0.15) is 0 Å². The monoisotopic (exact) mass is 412 g/mol. The highest BCUT2D eigenvalue weighted by Gasteiger charge is 2.36. The molecule has 0 saturated carbocycles. The van der Waals surface area contributed by atoms with Crippen molar-refractivity contribution in [2.45, 2.75) is 66.1 Å². The number of hydrogen-bond donors (Lipinski definition) is 1. The highest BCUT2D eigenvalue weighted by molar-refractivity contribution is 5.84. The summed E-state index contributed by atoms with van der Waals surface area (Å²) in [7, 11) is 0. The third kappa shape index (κ3) is 4.95. The molecule has 162 valence electrons. The lowest BCUT2D eigenvalue weighted by Gasteiger charge is -2.40. The number of aromatic nitrogens is 3. The van der Waals surface area contributed by atoms with Gasteiger partial charge in [0.2, 0.25) is 0 Å². The molecule has 3 rings (SSSR count). The summed E-state index contributed by atoms with van der Waals surface area (Å²) in [5, 5.41) is 10.1. The number of carboxylic acid groups (broad SMARTS) is 1. The Morgan fingerprint density at radius 2 is 1.77 bits per heavy atom. The Balaban J connectivity index is 2.21. The minimum Gasteiger partial charge on any atom is -0.479 e. The molecule has 0 bridgehead atoms. The molecule has 1 N–H and O–H groups in total. The quantitative estimate of drug-likeness (QED) is 0.778. The van der Waals surface area contributed by atoms with Gasteiger partial charge >= 0.3 is 5.97 Å². The Morgan fingerprint density at radius 1 is 1.17 bits per heavy atom. The number of ether oxygens (including phenoxy) is 1. The minimum absolute atomic E-state index is 0.260. The maximum Gasteiger partial charge on any atom is 0.337 e. The molecule has 7 nitrogen and oxygen atoms in total. The van der Waals surface area contributed by atoms with Gasteiger partial charge in [0, 0.05) is 42.9 Å². The number of rotatable bonds is 5. The number of piperidine rings is 1. The lowest BCUT2D eigenvalue weighted by atomic mass is 9.82. The van der Waals surface area contributed by atoms with Crippen LogP contribution in [0.25, 0.3) is 11.4 Å². The molecule has 3 heterocycles. The van der Waals surface area contributed by atoms with Crippen molar-refractivity contribution < 1.29 is 14.6 Å². The Bertz CT molecular complexity index is 897. The van der Waals surface area contributed by atoms with Gasteiger partial charge in [-0.15, -0.1) is 0 Å². The normalized spacial score (nSPS) is 17.6. The fourth-order valence-electron chi connectivity index (χ4n) is 3.79. The molecule has 2 aromatic rings. The Hall–Kier alpha value is -2.54. The first-order valence-corrected chi connectivity index (χ1v) is 10.4. The van der Waals surface area contributed by atoms with Crippen molar-refractivity contribution in [2.24, 2.45) is 5.41 Å². The lowest BCUT2D eigenvalue weighted by molar-refractivity contribution is -0.160. The van der Waals surface area contributed by atoms with Gasteiger partial charge in [0.15, 0.2) is 11.9 Å². The van der Waals surface area contributed by atoms with Gasteiger partial charge < -0.3 is 14.7 Å². The summed E-state index contributed by atoms with van der Waals surface area (Å²) < 4.78 is 6.02. The first-order valence-electron chi connectivity index (χ1n) is 10.4. The number of anilines is 1. The van der Waals surface area contributed by atoms with Gasteiger partial charge in [0.25, 0.3) is 0 Å². The molecule has 1 fully saturated rings. The fourth-order valence-corrected chi connectivity index (χ4v) is 3.79. The molecule has 1 aliphatic rings. The van der Waals surface area contributed by atoms with E-state index >= 15 is 0 Å². The predicted molar refractivity (Wildman–Crippen MR) is 116 cm³/mol. The van der Waals surface area contributed by atoms with Crippen LogP contribution in [0.5, 0.6) is 0 Å². The highest BCUT2D eigenvalue weighted by atomic mass is 16.5. The van der Waals surface area contributed by atoms with Crippen molar-refractivity contribution in [2.75, 3.05) is 18.0 Å². The van der Waals surface area contributed by atoms with Gasteiger partial charge in [-0.05, 0) is 52.0 Å². The number of hydrogen-bond acceptors (Lipinski definition) is 6. The third-order valence-corrected chi connectivity index (χ3v) is 5.49. The Labute approximate surface area is 178 Å². The van der Waals surface area contributed by atoms with Crippen molar-refractivity contribution in [3.05, 3.63) is 35.9 Å². The first-order chi connectivity index (χ1) is 14.0. The summed E-state index contributed by atoms with van der Waals surface area (Å²) in [5.74, 6) is -0.495. The van der Waals surface area contributed by atoms with E-state index in [1.54, 1.807) is 24.7 Å². The average Bonchev–Trinajstić information content (AvgIpc) is 2.66. The van der Waals surface area contributed by atoms with Gasteiger partial charge in [0.05, 0.1) is 16.9 Å². The zero-order valence-electron chi connectivity index (χ0n) is 18.8. The zero-order valence-corrected chi connectivity index (χ0v) is 18.8. The molecule has 1 saturated heterocycles. The number of nitrogens with zero attached hydrogens (tertiary/aromatic N) is 4. The lowest BCUT2D eigenvalue weighted by Crippen LogP contribution is -2.39. The van der Waals surface area contributed by atoms with Gasteiger partial charge in [-0.1, -0.05) is 13.8 Å². The Kier molecular flexibility index (Phi) is 6.13. The summed E-state index contributed by atoms with van der Waals surface area (Å²) in [5.41, 5.74) is 2.42. The van der Waals surface area contributed by atoms with Crippen LogP contribution >= 0.6 is 0 Å². The fraction of sp³-hybridized carbons (Fsp3) is 0.565. The van der Waals surface area contributed by atoms with Crippen molar-refractivity contribution >= 4 is 11.7 Å². The van der Waals surface area contributed by atoms with E-state index < -0.39 is 17.7 Å². The second kappa shape index (κ2) is 8.30. The molecule has 0 amide bonds. The van der Waals surface area contributed by atoms with Crippen molar-refractivity contribution in [1.29, 1.82) is 0 Å². The number of aliphatic carboxylic acids is 1. The van der Waals surface area contributed by atoms with Crippen LogP contribution in [0.15, 0.2) is 24.7 Å². The zero-order chi connectivity index (χ0) is 22.1. The molecule has 2 aromatic heterocycles. The smallest absolute Gasteiger partial charge is 0.337 e. The number of aryl methyl sites for hydroxylation is 1. The molecule has 7 heteroatoms. The maximum atomic E-state index is 12.3. The van der Waals surface area contributed by atoms with E-state index in [0.29, 0.717) is 17.1 Å². The van der Waals surface area contributed by atoms with E-state index in [2.05, 4.69) is 33.7 Å². The standard InChI is InChI=1S/C23H32N4O3/c1-15-17(19(21(28)29)30-22(2,3)4)18(27-12-8-23(5,6)9-13-27)16(14-26-15)20-24-10-7-11-25-20/h7,10-11,14,19H,8-9,12-13H2,1-6H3,(H,28,29). The van der Waals surface area contributed by atoms with Crippen molar-refractivity contribution in [3.63, 3.8) is 0 Å². The van der Waals surface area contributed by atoms with E-state index in [9.17, 15) is 9.90 Å². The van der Waals surface area contributed by atoms with Crippen LogP contribution in [0.3, 0.4) is 0 Å². The van der Waals surface area contributed by atoms with Gasteiger partial charge in [-0.25, -0.2) is 14.8 Å². The molecule has 1 atom stereocenters. The molecule has 1 aliphatic heterocycles. The summed E-state index contributed by atoms with van der Waals surface area (Å²) in [6.07, 6.45) is 6.02. The maximum absolute atomic E-state index is 12.3. The van der Waals surface area contributed by atoms with Gasteiger partial charge in [-0.2, -0.15) is 0 Å². The summed E-state index contributed by atoms with van der Waals surface area (Å²) in [6.45, 7) is 13.6. The topological polar surface area (TPSA) is 88.4 Å². The molecule has 0 aromatic carbocycles. The van der Waals surface area contributed by atoms with Crippen LogP contribution < -0.4 is 4.90 Å². The van der Waals surface area contributed by atoms with Crippen LogP contribution in [0, 0.1) is 12.3 Å². The molecular formula is C23H32N4O3. The molecular weight excluding hydrogens is 380 g/mol. The van der Waals surface area contributed by atoms with Crippen LogP contribution in [0.1, 0.15) is 64.8 Å². The Morgan fingerprint density at radius 3 is 2.30 bits per heavy atom. The van der Waals surface area contributed by atoms with Crippen LogP contribution in [0.4, 0.5) is 5.69 Å². The average molecular weight is 413 g/mol. The highest BCUT2D eigenvalue weighted by Crippen LogP contribution is 2.42. The summed E-state index contributed by atoms with van der Waals surface area (Å²) in [4.78, 5) is 27.9. The third-order valence-electron chi connectivity index (χ3n) is 5.49. The van der Waals surface area contributed by atoms with E-state index in [4.69, 9.17) is 4.74 Å². The predicted octanol–water partition coefficient (Wildman–Crippen LogP) is 4.41. The molecule has 0 spiro atoms.